The van der Waals surface area contributed by atoms with Gasteiger partial charge in [0.1, 0.15) is 6.04 Å². The number of hydrogen-bond acceptors (Lipinski definition) is 5. The number of halogens is 2. The molecule has 2 unspecified atom stereocenters. The molecule has 1 aromatic carbocycles. The van der Waals surface area contributed by atoms with E-state index in [1.54, 1.807) is 0 Å². The van der Waals surface area contributed by atoms with Crippen LogP contribution >= 0.6 is 0 Å². The number of hydrogen-bond donors (Lipinski definition) is 3. The van der Waals surface area contributed by atoms with E-state index in [9.17, 15) is 23.2 Å². The molecule has 0 spiro atoms. The molecule has 1 rings (SSSR count). The lowest BCUT2D eigenvalue weighted by Gasteiger charge is -2.17. The highest BCUT2D eigenvalue weighted by molar-refractivity contribution is 5.97. The molecule has 0 bridgehead atoms. The third-order valence-electron chi connectivity index (χ3n) is 3.82. The van der Waals surface area contributed by atoms with Crippen molar-refractivity contribution in [2.45, 2.75) is 45.9 Å². The number of benzene rings is 1. The first-order chi connectivity index (χ1) is 13.2. The first-order valence-corrected chi connectivity index (χ1v) is 8.68. The fourth-order valence-corrected chi connectivity index (χ4v) is 2.09. The van der Waals surface area contributed by atoms with Gasteiger partial charge in [0.15, 0.2) is 11.5 Å². The number of amides is 3. The molecule has 0 radical (unpaired) electrons. The predicted octanol–water partition coefficient (Wildman–Crippen LogP) is 1.45. The summed E-state index contributed by atoms with van der Waals surface area (Å²) < 4.78 is 33.9. The van der Waals surface area contributed by atoms with E-state index in [2.05, 4.69) is 20.7 Å². The minimum atomic E-state index is -3.03. The summed E-state index contributed by atoms with van der Waals surface area (Å²) >= 11 is 0. The Labute approximate surface area is 162 Å². The van der Waals surface area contributed by atoms with E-state index in [1.807, 2.05) is 13.8 Å². The molecule has 0 saturated carbocycles. The average molecular weight is 401 g/mol. The summed E-state index contributed by atoms with van der Waals surface area (Å²) in [5.41, 5.74) is 0.0915. The van der Waals surface area contributed by atoms with Gasteiger partial charge >= 0.3 is 6.61 Å². The van der Waals surface area contributed by atoms with E-state index in [-0.39, 0.29) is 35.6 Å². The van der Waals surface area contributed by atoms with Crippen molar-refractivity contribution in [2.24, 2.45) is 0 Å². The highest BCUT2D eigenvalue weighted by Crippen LogP contribution is 2.29. The van der Waals surface area contributed by atoms with Gasteiger partial charge in [-0.1, -0.05) is 6.92 Å². The maximum absolute atomic E-state index is 12.3. The number of carbonyl (C=O) groups is 3. The molecule has 156 valence electrons. The molecule has 0 aliphatic carbocycles. The zero-order valence-corrected chi connectivity index (χ0v) is 16.2. The molecule has 10 heteroatoms. The zero-order chi connectivity index (χ0) is 21.3. The molecule has 0 aliphatic heterocycles. The van der Waals surface area contributed by atoms with E-state index in [0.717, 1.165) is 6.42 Å². The Kier molecular flexibility index (Phi) is 9.13. The van der Waals surface area contributed by atoms with Gasteiger partial charge in [-0.05, 0) is 38.5 Å². The number of alkyl halides is 2. The summed E-state index contributed by atoms with van der Waals surface area (Å²) in [4.78, 5) is 35.9. The zero-order valence-electron chi connectivity index (χ0n) is 16.2. The van der Waals surface area contributed by atoms with Crippen molar-refractivity contribution in [1.29, 1.82) is 0 Å². The fraction of sp³-hybridized carbons (Fsp3) is 0.500. The van der Waals surface area contributed by atoms with Crippen molar-refractivity contribution in [1.82, 2.24) is 16.0 Å². The van der Waals surface area contributed by atoms with Gasteiger partial charge in [-0.2, -0.15) is 8.78 Å². The number of carbonyl (C=O) groups excluding carboxylic acids is 3. The van der Waals surface area contributed by atoms with Gasteiger partial charge in [-0.3, -0.25) is 14.4 Å². The normalized spacial score (nSPS) is 12.7. The second-order valence-electron chi connectivity index (χ2n) is 6.03. The van der Waals surface area contributed by atoms with E-state index in [1.165, 1.54) is 32.2 Å². The third kappa shape index (κ3) is 7.37. The molecule has 0 saturated heterocycles. The molecule has 0 heterocycles. The van der Waals surface area contributed by atoms with Crippen LogP contribution in [0, 0.1) is 0 Å². The highest BCUT2D eigenvalue weighted by Gasteiger charge is 2.18. The van der Waals surface area contributed by atoms with Crippen LogP contribution in [0.1, 0.15) is 37.6 Å². The largest absolute Gasteiger partial charge is 0.493 e. The minimum absolute atomic E-state index is 0.0152. The van der Waals surface area contributed by atoms with Crippen molar-refractivity contribution in [3.63, 3.8) is 0 Å². The summed E-state index contributed by atoms with van der Waals surface area (Å²) in [7, 11) is 1.24. The maximum Gasteiger partial charge on any atom is 0.387 e. The van der Waals surface area contributed by atoms with Crippen LogP contribution in [0.3, 0.4) is 0 Å². The van der Waals surface area contributed by atoms with Crippen LogP contribution in [0.15, 0.2) is 18.2 Å². The van der Waals surface area contributed by atoms with Gasteiger partial charge < -0.3 is 25.4 Å². The van der Waals surface area contributed by atoms with E-state index in [0.29, 0.717) is 0 Å². The van der Waals surface area contributed by atoms with Gasteiger partial charge in [-0.15, -0.1) is 0 Å². The topological polar surface area (TPSA) is 106 Å². The lowest BCUT2D eigenvalue weighted by Crippen LogP contribution is -2.49. The molecule has 0 aliphatic rings. The Balaban J connectivity index is 2.59. The molecular weight excluding hydrogens is 376 g/mol. The predicted molar refractivity (Wildman–Crippen MR) is 97.5 cm³/mol. The van der Waals surface area contributed by atoms with E-state index in [4.69, 9.17) is 4.74 Å². The molecule has 3 N–H and O–H groups in total. The second kappa shape index (κ2) is 11.1. The molecule has 1 aromatic rings. The molecule has 8 nitrogen and oxygen atoms in total. The summed E-state index contributed by atoms with van der Waals surface area (Å²) in [5.74, 6) is -1.76. The number of ether oxygens (including phenoxy) is 2. The Morgan fingerprint density at radius 3 is 2.36 bits per heavy atom. The quantitative estimate of drug-likeness (QED) is 0.550. The molecule has 3 amide bonds. The van der Waals surface area contributed by atoms with Crippen molar-refractivity contribution in [2.75, 3.05) is 13.7 Å². The lowest BCUT2D eigenvalue weighted by atomic mass is 10.2. The van der Waals surface area contributed by atoms with Crippen LogP contribution in [0.5, 0.6) is 11.5 Å². The van der Waals surface area contributed by atoms with Gasteiger partial charge in [0.25, 0.3) is 5.91 Å². The number of rotatable bonds is 10. The summed E-state index contributed by atoms with van der Waals surface area (Å²) in [6, 6.07) is 2.87. The minimum Gasteiger partial charge on any atom is -0.493 e. The van der Waals surface area contributed by atoms with Crippen molar-refractivity contribution in [3.8, 4) is 11.5 Å². The Bertz CT molecular complexity index is 700. The highest BCUT2D eigenvalue weighted by atomic mass is 19.3. The Hall–Kier alpha value is -2.91. The summed E-state index contributed by atoms with van der Waals surface area (Å²) in [6.07, 6.45) is 0.757. The van der Waals surface area contributed by atoms with Crippen LogP contribution in [0.25, 0.3) is 0 Å². The van der Waals surface area contributed by atoms with Crippen molar-refractivity contribution < 1.29 is 32.6 Å². The fourth-order valence-electron chi connectivity index (χ4n) is 2.09. The first-order valence-electron chi connectivity index (χ1n) is 8.68. The molecule has 28 heavy (non-hydrogen) atoms. The van der Waals surface area contributed by atoms with E-state index >= 15 is 0 Å². The number of nitrogens with one attached hydrogen (secondary N) is 3. The van der Waals surface area contributed by atoms with Crippen LogP contribution < -0.4 is 25.4 Å². The van der Waals surface area contributed by atoms with Gasteiger partial charge in [0.2, 0.25) is 11.8 Å². The number of methoxy groups -OCH3 is 1. The summed E-state index contributed by atoms with van der Waals surface area (Å²) in [5, 5.41) is 7.59. The standard InChI is InChI=1S/C18H25F2N3O5/c1-5-10(2)22-16(25)11(3)23-15(24)9-21-17(26)12-6-7-13(28-18(19)20)14(8-12)27-4/h6-8,10-11,18H,5,9H2,1-4H3,(H,21,26)(H,22,25)(H,23,24). The average Bonchev–Trinajstić information content (AvgIpc) is 2.65. The third-order valence-corrected chi connectivity index (χ3v) is 3.82. The van der Waals surface area contributed by atoms with Crippen molar-refractivity contribution >= 4 is 17.7 Å². The SMILES string of the molecule is CCC(C)NC(=O)C(C)NC(=O)CNC(=O)c1ccc(OC(F)F)c(OC)c1. The smallest absolute Gasteiger partial charge is 0.387 e. The van der Waals surface area contributed by atoms with Crippen LogP contribution in [0.4, 0.5) is 8.78 Å². The maximum atomic E-state index is 12.3. The van der Waals surface area contributed by atoms with Gasteiger partial charge in [0, 0.05) is 11.6 Å². The second-order valence-corrected chi connectivity index (χ2v) is 6.03. The molecule has 0 aromatic heterocycles. The molecule has 2 atom stereocenters. The van der Waals surface area contributed by atoms with Crippen LogP contribution in [-0.4, -0.2) is 50.1 Å². The van der Waals surface area contributed by atoms with E-state index < -0.39 is 24.5 Å². The monoisotopic (exact) mass is 401 g/mol. The first kappa shape index (κ1) is 23.1. The molecule has 0 fully saturated rings. The Morgan fingerprint density at radius 2 is 1.79 bits per heavy atom. The summed E-state index contributed by atoms with van der Waals surface area (Å²) in [6.45, 7) is 1.90. The van der Waals surface area contributed by atoms with Gasteiger partial charge in [-0.25, -0.2) is 0 Å². The lowest BCUT2D eigenvalue weighted by molar-refractivity contribution is -0.128. The van der Waals surface area contributed by atoms with Crippen LogP contribution in [0.2, 0.25) is 0 Å². The van der Waals surface area contributed by atoms with Crippen molar-refractivity contribution in [3.05, 3.63) is 23.8 Å². The van der Waals surface area contributed by atoms with Crippen LogP contribution in [-0.2, 0) is 9.59 Å². The molecular formula is C18H25F2N3O5. The van der Waals surface area contributed by atoms with Gasteiger partial charge in [0.05, 0.1) is 13.7 Å². The Morgan fingerprint density at radius 1 is 1.11 bits per heavy atom.